The van der Waals surface area contributed by atoms with E-state index in [1.165, 1.54) is 11.3 Å². The minimum atomic E-state index is -0.160. The Balaban J connectivity index is 0.00000380. The number of likely N-dealkylation sites (N-methyl/N-ethyl adjacent to an activating group) is 1. The van der Waals surface area contributed by atoms with Gasteiger partial charge in [0, 0.05) is 25.2 Å². The summed E-state index contributed by atoms with van der Waals surface area (Å²) in [5.74, 6) is 2.25. The summed E-state index contributed by atoms with van der Waals surface area (Å²) in [5, 5.41) is 0.618. The summed E-state index contributed by atoms with van der Waals surface area (Å²) < 4.78 is 17.9. The summed E-state index contributed by atoms with van der Waals surface area (Å²) >= 11 is 1.45. The second-order valence-corrected chi connectivity index (χ2v) is 9.08. The number of para-hydroxylation sites is 2. The monoisotopic (exact) mass is 541 g/mol. The molecule has 0 unspecified atom stereocenters. The number of fused-ring (bicyclic) bond motifs is 1. The number of halogens is 1. The third kappa shape index (κ3) is 6.52. The number of hydrogen-bond donors (Lipinski definition) is 0. The lowest BCUT2D eigenvalue weighted by Crippen LogP contribution is -2.39. The van der Waals surface area contributed by atoms with E-state index >= 15 is 0 Å². The molecule has 3 aromatic carbocycles. The predicted molar refractivity (Wildman–Crippen MR) is 152 cm³/mol. The van der Waals surface area contributed by atoms with Gasteiger partial charge in [0.15, 0.2) is 16.6 Å². The van der Waals surface area contributed by atoms with E-state index in [4.69, 9.17) is 19.2 Å². The van der Waals surface area contributed by atoms with E-state index in [1.54, 1.807) is 25.2 Å². The van der Waals surface area contributed by atoms with Crippen LogP contribution in [0, 0.1) is 0 Å². The Morgan fingerprint density at radius 2 is 1.51 bits per heavy atom. The van der Waals surface area contributed by atoms with Crippen molar-refractivity contribution in [3.63, 3.8) is 0 Å². The summed E-state index contributed by atoms with van der Waals surface area (Å²) in [4.78, 5) is 22.9. The van der Waals surface area contributed by atoms with Crippen molar-refractivity contribution in [2.75, 3.05) is 45.3 Å². The minimum absolute atomic E-state index is 0. The Bertz CT molecular complexity index is 1270. The van der Waals surface area contributed by atoms with Crippen molar-refractivity contribution in [3.05, 3.63) is 72.3 Å². The molecule has 0 saturated carbocycles. The third-order valence-corrected chi connectivity index (χ3v) is 7.02. The number of anilines is 1. The maximum absolute atomic E-state index is 14.0. The van der Waals surface area contributed by atoms with Gasteiger partial charge in [0.2, 0.25) is 0 Å². The van der Waals surface area contributed by atoms with Gasteiger partial charge in [0.1, 0.15) is 11.5 Å². The fraction of sp³-hybridized carbons (Fsp3) is 0.286. The van der Waals surface area contributed by atoms with E-state index in [2.05, 4.69) is 18.7 Å². The number of thiazole rings is 1. The van der Waals surface area contributed by atoms with Crippen LogP contribution in [0.4, 0.5) is 5.13 Å². The Labute approximate surface area is 228 Å². The van der Waals surface area contributed by atoms with Gasteiger partial charge in [-0.25, -0.2) is 4.98 Å². The molecule has 4 aromatic rings. The van der Waals surface area contributed by atoms with Gasteiger partial charge in [0.05, 0.1) is 30.0 Å². The Hall–Kier alpha value is -3.33. The Kier molecular flexibility index (Phi) is 10.1. The first-order valence-corrected chi connectivity index (χ1v) is 12.8. The van der Waals surface area contributed by atoms with Gasteiger partial charge in [-0.1, -0.05) is 55.5 Å². The van der Waals surface area contributed by atoms with Gasteiger partial charge in [-0.2, -0.15) is 0 Å². The van der Waals surface area contributed by atoms with Gasteiger partial charge in [-0.3, -0.25) is 9.69 Å². The van der Waals surface area contributed by atoms with Crippen LogP contribution in [-0.2, 0) is 0 Å². The number of carbonyl (C=O) groups excluding carboxylic acids is 1. The van der Waals surface area contributed by atoms with Crippen molar-refractivity contribution in [1.29, 1.82) is 0 Å². The molecule has 0 saturated heterocycles. The standard InChI is InChI=1S/C28H31N3O4S.ClH/c1-5-30(6-2)16-17-31(28-29-22-18-24(33-3)25(34-4)19-26(22)36-28)27(32)21-14-10-11-15-23(21)35-20-12-8-7-9-13-20;/h7-15,18-19H,5-6,16-17H2,1-4H3;1H. The van der Waals surface area contributed by atoms with Crippen LogP contribution in [0.2, 0.25) is 0 Å². The van der Waals surface area contributed by atoms with Gasteiger partial charge in [-0.15, -0.1) is 12.4 Å². The van der Waals surface area contributed by atoms with Crippen molar-refractivity contribution < 1.29 is 19.0 Å². The lowest BCUT2D eigenvalue weighted by atomic mass is 10.1. The van der Waals surface area contributed by atoms with Crippen molar-refractivity contribution in [2.24, 2.45) is 0 Å². The normalized spacial score (nSPS) is 10.7. The molecule has 196 valence electrons. The van der Waals surface area contributed by atoms with Crippen LogP contribution in [0.1, 0.15) is 24.2 Å². The molecule has 0 N–H and O–H groups in total. The highest BCUT2D eigenvalue weighted by Crippen LogP contribution is 2.38. The van der Waals surface area contributed by atoms with Crippen LogP contribution in [0.3, 0.4) is 0 Å². The summed E-state index contributed by atoms with van der Waals surface area (Å²) in [5.41, 5.74) is 1.23. The molecule has 1 amide bonds. The number of ether oxygens (including phenoxy) is 3. The zero-order chi connectivity index (χ0) is 25.5. The number of aromatic nitrogens is 1. The van der Waals surface area contributed by atoms with E-state index in [0.29, 0.717) is 40.2 Å². The SMILES string of the molecule is CCN(CC)CCN(C(=O)c1ccccc1Oc1ccccc1)c1nc2cc(OC)c(OC)cc2s1.Cl. The smallest absolute Gasteiger partial charge is 0.263 e. The predicted octanol–water partition coefficient (Wildman–Crippen LogP) is 6.52. The van der Waals surface area contributed by atoms with Crippen molar-refractivity contribution >= 4 is 45.0 Å². The third-order valence-electron chi connectivity index (χ3n) is 5.98. The number of rotatable bonds is 11. The Morgan fingerprint density at radius 1 is 0.865 bits per heavy atom. The number of benzene rings is 3. The van der Waals surface area contributed by atoms with Crippen LogP contribution in [0.5, 0.6) is 23.0 Å². The zero-order valence-electron chi connectivity index (χ0n) is 21.5. The van der Waals surface area contributed by atoms with Crippen molar-refractivity contribution in [1.82, 2.24) is 9.88 Å². The molecular weight excluding hydrogens is 510 g/mol. The molecule has 4 rings (SSSR count). The first-order valence-electron chi connectivity index (χ1n) is 12.0. The van der Waals surface area contributed by atoms with Crippen LogP contribution in [-0.4, -0.2) is 56.2 Å². The van der Waals surface area contributed by atoms with Crippen LogP contribution in [0.25, 0.3) is 10.2 Å². The molecule has 0 aliphatic rings. The van der Waals surface area contributed by atoms with Crippen LogP contribution >= 0.6 is 23.7 Å². The van der Waals surface area contributed by atoms with Gasteiger partial charge >= 0.3 is 0 Å². The average Bonchev–Trinajstić information content (AvgIpc) is 3.33. The van der Waals surface area contributed by atoms with Gasteiger partial charge in [0.25, 0.3) is 5.91 Å². The minimum Gasteiger partial charge on any atom is -0.493 e. The molecule has 0 fully saturated rings. The van der Waals surface area contributed by atoms with Crippen molar-refractivity contribution in [3.8, 4) is 23.0 Å². The number of carbonyl (C=O) groups is 1. The molecule has 0 radical (unpaired) electrons. The second-order valence-electron chi connectivity index (χ2n) is 8.07. The summed E-state index contributed by atoms with van der Waals surface area (Å²) in [6.07, 6.45) is 0. The average molecular weight is 542 g/mol. The first-order chi connectivity index (χ1) is 17.6. The molecule has 9 heteroatoms. The molecule has 0 spiro atoms. The lowest BCUT2D eigenvalue weighted by Gasteiger charge is -2.25. The number of methoxy groups -OCH3 is 2. The molecule has 0 aliphatic carbocycles. The number of hydrogen-bond acceptors (Lipinski definition) is 7. The summed E-state index contributed by atoms with van der Waals surface area (Å²) in [6.45, 7) is 7.27. The second kappa shape index (κ2) is 13.3. The van der Waals surface area contributed by atoms with E-state index < -0.39 is 0 Å². The maximum atomic E-state index is 14.0. The molecule has 0 bridgehead atoms. The van der Waals surface area contributed by atoms with Crippen LogP contribution in [0.15, 0.2) is 66.7 Å². The van der Waals surface area contributed by atoms with E-state index in [1.807, 2.05) is 60.7 Å². The molecule has 7 nitrogen and oxygen atoms in total. The van der Waals surface area contributed by atoms with Gasteiger partial charge < -0.3 is 19.1 Å². The zero-order valence-corrected chi connectivity index (χ0v) is 23.1. The van der Waals surface area contributed by atoms with Gasteiger partial charge in [-0.05, 0) is 37.4 Å². The Morgan fingerprint density at radius 3 is 2.19 bits per heavy atom. The van der Waals surface area contributed by atoms with E-state index in [9.17, 15) is 4.79 Å². The lowest BCUT2D eigenvalue weighted by molar-refractivity contribution is 0.0981. The number of nitrogens with zero attached hydrogens (tertiary/aromatic N) is 3. The number of amides is 1. The fourth-order valence-corrected chi connectivity index (χ4v) is 4.92. The molecule has 37 heavy (non-hydrogen) atoms. The topological polar surface area (TPSA) is 64.1 Å². The van der Waals surface area contributed by atoms with E-state index in [0.717, 1.165) is 29.9 Å². The molecular formula is C28H32ClN3O4S. The highest BCUT2D eigenvalue weighted by atomic mass is 35.5. The highest BCUT2D eigenvalue weighted by Gasteiger charge is 2.25. The fourth-order valence-electron chi connectivity index (χ4n) is 3.92. The highest BCUT2D eigenvalue weighted by molar-refractivity contribution is 7.22. The van der Waals surface area contributed by atoms with E-state index in [-0.39, 0.29) is 18.3 Å². The molecule has 1 aromatic heterocycles. The summed E-state index contributed by atoms with van der Waals surface area (Å²) in [6, 6.07) is 20.5. The van der Waals surface area contributed by atoms with Crippen molar-refractivity contribution in [2.45, 2.75) is 13.8 Å². The quantitative estimate of drug-likeness (QED) is 0.215. The maximum Gasteiger partial charge on any atom is 0.263 e. The molecule has 1 heterocycles. The van der Waals surface area contributed by atoms with Crippen LogP contribution < -0.4 is 19.1 Å². The summed E-state index contributed by atoms with van der Waals surface area (Å²) in [7, 11) is 3.20. The molecule has 0 aliphatic heterocycles. The molecule has 0 atom stereocenters. The first kappa shape index (κ1) is 28.2. The largest absolute Gasteiger partial charge is 0.493 e.